The van der Waals surface area contributed by atoms with Gasteiger partial charge in [0.25, 0.3) is 0 Å². The number of nitrogens with zero attached hydrogens (tertiary/aromatic N) is 2. The molecule has 0 bridgehead atoms. The Morgan fingerprint density at radius 2 is 1.91 bits per heavy atom. The summed E-state index contributed by atoms with van der Waals surface area (Å²) < 4.78 is 26.2. The summed E-state index contributed by atoms with van der Waals surface area (Å²) in [6, 6.07) is 2.87. The van der Waals surface area contributed by atoms with Crippen molar-refractivity contribution in [3.63, 3.8) is 0 Å². The van der Waals surface area contributed by atoms with Crippen molar-refractivity contribution < 1.29 is 18.4 Å². The maximum atomic E-state index is 13.1. The quantitative estimate of drug-likeness (QED) is 0.883. The highest BCUT2D eigenvalue weighted by atomic mass is 19.1. The van der Waals surface area contributed by atoms with Gasteiger partial charge in [0.05, 0.1) is 12.6 Å². The van der Waals surface area contributed by atoms with Crippen LogP contribution in [0.1, 0.15) is 18.4 Å². The van der Waals surface area contributed by atoms with Gasteiger partial charge in [-0.15, -0.1) is 0 Å². The molecule has 1 fully saturated rings. The molecule has 0 aliphatic carbocycles. The van der Waals surface area contributed by atoms with Gasteiger partial charge in [-0.2, -0.15) is 0 Å². The Morgan fingerprint density at radius 3 is 2.52 bits per heavy atom. The second kappa shape index (κ2) is 7.50. The number of halogens is 2. The van der Waals surface area contributed by atoms with E-state index in [1.165, 1.54) is 17.0 Å². The number of benzene rings is 1. The zero-order chi connectivity index (χ0) is 17.0. The molecule has 0 radical (unpaired) electrons. The molecule has 1 unspecified atom stereocenters. The Balaban J connectivity index is 1.88. The predicted octanol–water partition coefficient (Wildman–Crippen LogP) is 1.13. The summed E-state index contributed by atoms with van der Waals surface area (Å²) in [7, 11) is 3.38. The van der Waals surface area contributed by atoms with Crippen LogP contribution >= 0.6 is 0 Å². The predicted molar refractivity (Wildman–Crippen MR) is 81.5 cm³/mol. The van der Waals surface area contributed by atoms with Gasteiger partial charge in [0.1, 0.15) is 11.6 Å². The first kappa shape index (κ1) is 17.3. The molecule has 23 heavy (non-hydrogen) atoms. The first-order chi connectivity index (χ1) is 10.9. The summed E-state index contributed by atoms with van der Waals surface area (Å²) in [6.45, 7) is 0.835. The Bertz CT molecular complexity index is 572. The maximum absolute atomic E-state index is 13.1. The van der Waals surface area contributed by atoms with Gasteiger partial charge in [-0.05, 0) is 37.1 Å². The lowest BCUT2D eigenvalue weighted by molar-refractivity contribution is -0.134. The van der Waals surface area contributed by atoms with Crippen LogP contribution in [0, 0.1) is 11.6 Å². The molecule has 0 saturated carbocycles. The molecule has 7 heteroatoms. The summed E-state index contributed by atoms with van der Waals surface area (Å²) in [5, 5.41) is 2.63. The van der Waals surface area contributed by atoms with E-state index in [0.29, 0.717) is 12.1 Å². The SMILES string of the molecule is CN(C)C(=O)C1CCCN1CC(=O)NCc1cc(F)cc(F)c1. The van der Waals surface area contributed by atoms with Gasteiger partial charge in [-0.1, -0.05) is 0 Å². The zero-order valence-corrected chi connectivity index (χ0v) is 13.3. The molecule has 0 aromatic heterocycles. The highest BCUT2D eigenvalue weighted by Gasteiger charge is 2.32. The fraction of sp³-hybridized carbons (Fsp3) is 0.500. The lowest BCUT2D eigenvalue weighted by atomic mass is 10.2. The van der Waals surface area contributed by atoms with Crippen LogP contribution in [0.2, 0.25) is 0 Å². The monoisotopic (exact) mass is 325 g/mol. The standard InChI is InChI=1S/C16H21F2N3O2/c1-20(2)16(23)14-4-3-5-21(14)10-15(22)19-9-11-6-12(17)8-13(18)7-11/h6-8,14H,3-5,9-10H2,1-2H3,(H,19,22). The average Bonchev–Trinajstić information content (AvgIpc) is 2.91. The third-order valence-electron chi connectivity index (χ3n) is 3.85. The number of hydrogen-bond acceptors (Lipinski definition) is 3. The minimum Gasteiger partial charge on any atom is -0.351 e. The van der Waals surface area contributed by atoms with Crippen molar-refractivity contribution >= 4 is 11.8 Å². The van der Waals surface area contributed by atoms with Crippen molar-refractivity contribution in [1.29, 1.82) is 0 Å². The van der Waals surface area contributed by atoms with Crippen LogP contribution in [0.15, 0.2) is 18.2 Å². The van der Waals surface area contributed by atoms with E-state index in [4.69, 9.17) is 0 Å². The van der Waals surface area contributed by atoms with E-state index in [0.717, 1.165) is 18.9 Å². The highest BCUT2D eigenvalue weighted by Crippen LogP contribution is 2.18. The number of rotatable bonds is 5. The Kier molecular flexibility index (Phi) is 5.65. The molecular formula is C16H21F2N3O2. The fourth-order valence-electron chi connectivity index (χ4n) is 2.75. The maximum Gasteiger partial charge on any atom is 0.239 e. The van der Waals surface area contributed by atoms with Crippen LogP contribution in [0.25, 0.3) is 0 Å². The van der Waals surface area contributed by atoms with Gasteiger partial charge in [0.2, 0.25) is 11.8 Å². The topological polar surface area (TPSA) is 52.7 Å². The summed E-state index contributed by atoms with van der Waals surface area (Å²) >= 11 is 0. The normalized spacial score (nSPS) is 18.0. The van der Waals surface area contributed by atoms with E-state index in [9.17, 15) is 18.4 Å². The Labute approximate surface area is 134 Å². The van der Waals surface area contributed by atoms with Gasteiger partial charge in [0, 0.05) is 26.7 Å². The van der Waals surface area contributed by atoms with Crippen molar-refractivity contribution in [2.75, 3.05) is 27.2 Å². The smallest absolute Gasteiger partial charge is 0.239 e. The van der Waals surface area contributed by atoms with E-state index < -0.39 is 11.6 Å². The van der Waals surface area contributed by atoms with Crippen molar-refractivity contribution in [3.8, 4) is 0 Å². The third kappa shape index (κ3) is 4.72. The molecule has 0 spiro atoms. The number of nitrogens with one attached hydrogen (secondary N) is 1. The van der Waals surface area contributed by atoms with Crippen LogP contribution in [0.5, 0.6) is 0 Å². The summed E-state index contributed by atoms with van der Waals surface area (Å²) in [5.41, 5.74) is 0.359. The Morgan fingerprint density at radius 1 is 1.26 bits per heavy atom. The van der Waals surface area contributed by atoms with E-state index in [-0.39, 0.29) is 30.9 Å². The van der Waals surface area contributed by atoms with Gasteiger partial charge in [-0.25, -0.2) is 8.78 Å². The third-order valence-corrected chi connectivity index (χ3v) is 3.85. The molecule has 5 nitrogen and oxygen atoms in total. The molecule has 2 amide bonds. The molecule has 1 atom stereocenters. The molecule has 1 aromatic rings. The van der Waals surface area contributed by atoms with E-state index in [1.54, 1.807) is 14.1 Å². The first-order valence-electron chi connectivity index (χ1n) is 7.53. The van der Waals surface area contributed by atoms with Gasteiger partial charge in [-0.3, -0.25) is 14.5 Å². The second-order valence-corrected chi connectivity index (χ2v) is 5.92. The largest absolute Gasteiger partial charge is 0.351 e. The minimum atomic E-state index is -0.676. The molecule has 1 saturated heterocycles. The van der Waals surface area contributed by atoms with Gasteiger partial charge < -0.3 is 10.2 Å². The summed E-state index contributed by atoms with van der Waals surface area (Å²) in [4.78, 5) is 27.4. The number of likely N-dealkylation sites (N-methyl/N-ethyl adjacent to an activating group) is 1. The number of likely N-dealkylation sites (tertiary alicyclic amines) is 1. The zero-order valence-electron chi connectivity index (χ0n) is 13.3. The molecule has 1 aliphatic heterocycles. The lowest BCUT2D eigenvalue weighted by Gasteiger charge is -2.25. The number of amides is 2. The molecule has 1 aliphatic rings. The molecule has 126 valence electrons. The van der Waals surface area contributed by atoms with Gasteiger partial charge >= 0.3 is 0 Å². The van der Waals surface area contributed by atoms with E-state index >= 15 is 0 Å². The average molecular weight is 325 g/mol. The van der Waals surface area contributed by atoms with Crippen molar-refractivity contribution in [2.24, 2.45) is 0 Å². The fourth-order valence-corrected chi connectivity index (χ4v) is 2.75. The molecule has 1 aromatic carbocycles. The molecule has 1 N–H and O–H groups in total. The Hall–Kier alpha value is -2.02. The van der Waals surface area contributed by atoms with Crippen molar-refractivity contribution in [1.82, 2.24) is 15.1 Å². The molecule has 2 rings (SSSR count). The molecular weight excluding hydrogens is 304 g/mol. The van der Waals surface area contributed by atoms with Crippen LogP contribution in [-0.4, -0.2) is 54.8 Å². The summed E-state index contributed by atoms with van der Waals surface area (Å²) in [6.07, 6.45) is 1.60. The van der Waals surface area contributed by atoms with E-state index in [2.05, 4.69) is 5.32 Å². The van der Waals surface area contributed by atoms with Crippen molar-refractivity contribution in [3.05, 3.63) is 35.4 Å². The lowest BCUT2D eigenvalue weighted by Crippen LogP contribution is -2.46. The number of hydrogen-bond donors (Lipinski definition) is 1. The summed E-state index contributed by atoms with van der Waals surface area (Å²) in [5.74, 6) is -1.63. The second-order valence-electron chi connectivity index (χ2n) is 5.92. The van der Waals surface area contributed by atoms with Crippen LogP contribution in [-0.2, 0) is 16.1 Å². The van der Waals surface area contributed by atoms with E-state index in [1.807, 2.05) is 4.90 Å². The number of carbonyl (C=O) groups is 2. The first-order valence-corrected chi connectivity index (χ1v) is 7.53. The van der Waals surface area contributed by atoms with Crippen molar-refractivity contribution in [2.45, 2.75) is 25.4 Å². The van der Waals surface area contributed by atoms with Gasteiger partial charge in [0.15, 0.2) is 0 Å². The van der Waals surface area contributed by atoms with Crippen LogP contribution in [0.3, 0.4) is 0 Å². The highest BCUT2D eigenvalue weighted by molar-refractivity contribution is 5.83. The van der Waals surface area contributed by atoms with Crippen LogP contribution in [0.4, 0.5) is 8.78 Å². The molecule has 1 heterocycles. The number of carbonyl (C=O) groups excluding carboxylic acids is 2. The minimum absolute atomic E-state index is 0.0116. The van der Waals surface area contributed by atoms with Crippen LogP contribution < -0.4 is 5.32 Å².